The van der Waals surface area contributed by atoms with Gasteiger partial charge in [-0.25, -0.2) is 0 Å². The normalized spacial score (nSPS) is 10.3. The molecule has 3 rings (SSSR count). The number of carbonyl (C=O) groups excluding carboxylic acids is 2. The fourth-order valence-electron chi connectivity index (χ4n) is 3.17. The van der Waals surface area contributed by atoms with E-state index in [1.54, 1.807) is 62.6 Å². The van der Waals surface area contributed by atoms with E-state index in [1.807, 2.05) is 17.5 Å². The van der Waals surface area contributed by atoms with Crippen LogP contribution in [0.5, 0.6) is 17.2 Å². The van der Waals surface area contributed by atoms with Crippen molar-refractivity contribution < 1.29 is 23.8 Å². The van der Waals surface area contributed by atoms with E-state index in [-0.39, 0.29) is 11.8 Å². The van der Waals surface area contributed by atoms with Crippen LogP contribution in [0.1, 0.15) is 25.6 Å². The second-order valence-electron chi connectivity index (χ2n) is 6.67. The highest BCUT2D eigenvalue weighted by atomic mass is 32.1. The van der Waals surface area contributed by atoms with Gasteiger partial charge in [0, 0.05) is 30.4 Å². The van der Waals surface area contributed by atoms with Crippen molar-refractivity contribution in [1.82, 2.24) is 4.90 Å². The highest BCUT2D eigenvalue weighted by Crippen LogP contribution is 2.40. The molecule has 0 fully saturated rings. The van der Waals surface area contributed by atoms with Crippen molar-refractivity contribution in [3.05, 3.63) is 69.9 Å². The van der Waals surface area contributed by atoms with Crippen LogP contribution in [0.3, 0.4) is 0 Å². The fourth-order valence-corrected chi connectivity index (χ4v) is 3.78. The van der Waals surface area contributed by atoms with Gasteiger partial charge < -0.3 is 24.4 Å². The van der Waals surface area contributed by atoms with Gasteiger partial charge in [0.25, 0.3) is 11.8 Å². The maximum atomic E-state index is 13.0. The Bertz CT molecular complexity index is 1070. The number of methoxy groups -OCH3 is 3. The lowest BCUT2D eigenvalue weighted by atomic mass is 10.1. The number of nitrogens with one attached hydrogen (secondary N) is 1. The number of hydrogen-bond acceptors (Lipinski definition) is 6. The smallest absolute Gasteiger partial charge is 0.265 e. The summed E-state index contributed by atoms with van der Waals surface area (Å²) in [5.74, 6) is 1.14. The van der Waals surface area contributed by atoms with Gasteiger partial charge in [0.05, 0.1) is 26.2 Å². The number of ether oxygens (including phenoxy) is 3. The summed E-state index contributed by atoms with van der Waals surface area (Å²) in [6, 6.07) is 14.0. The third-order valence-electron chi connectivity index (χ3n) is 4.65. The minimum absolute atomic E-state index is 0.191. The van der Waals surface area contributed by atoms with Crippen LogP contribution in [0, 0.1) is 0 Å². The molecule has 7 nitrogen and oxygen atoms in total. The Kier molecular flexibility index (Phi) is 7.15. The summed E-state index contributed by atoms with van der Waals surface area (Å²) in [6.45, 7) is 0.300. The quantitative estimate of drug-likeness (QED) is 0.565. The number of amides is 2. The van der Waals surface area contributed by atoms with Crippen LogP contribution in [0.4, 0.5) is 5.69 Å². The van der Waals surface area contributed by atoms with E-state index >= 15 is 0 Å². The topological polar surface area (TPSA) is 77.1 Å². The molecule has 31 heavy (non-hydrogen) atoms. The van der Waals surface area contributed by atoms with Crippen molar-refractivity contribution in [3.63, 3.8) is 0 Å². The summed E-state index contributed by atoms with van der Waals surface area (Å²) >= 11 is 1.36. The molecule has 1 aromatic heterocycles. The van der Waals surface area contributed by atoms with Crippen LogP contribution in [0.25, 0.3) is 0 Å². The molecule has 0 saturated heterocycles. The molecular weight excluding hydrogens is 416 g/mol. The van der Waals surface area contributed by atoms with E-state index in [4.69, 9.17) is 14.2 Å². The fraction of sp³-hybridized carbons (Fsp3) is 0.217. The first-order valence-corrected chi connectivity index (χ1v) is 10.3. The molecular formula is C23H24N2O5S. The van der Waals surface area contributed by atoms with Gasteiger partial charge in [-0.1, -0.05) is 12.1 Å². The predicted octanol–water partition coefficient (Wildman–Crippen LogP) is 4.30. The van der Waals surface area contributed by atoms with Gasteiger partial charge in [0.1, 0.15) is 0 Å². The zero-order chi connectivity index (χ0) is 22.4. The van der Waals surface area contributed by atoms with Gasteiger partial charge in [0.15, 0.2) is 11.5 Å². The van der Waals surface area contributed by atoms with E-state index in [9.17, 15) is 9.59 Å². The van der Waals surface area contributed by atoms with Crippen LogP contribution in [0.15, 0.2) is 53.9 Å². The third kappa shape index (κ3) is 4.97. The molecule has 1 N–H and O–H groups in total. The first kappa shape index (κ1) is 22.2. The van der Waals surface area contributed by atoms with Crippen molar-refractivity contribution in [2.45, 2.75) is 6.54 Å². The van der Waals surface area contributed by atoms with Gasteiger partial charge in [-0.2, -0.15) is 0 Å². The molecule has 0 atom stereocenters. The van der Waals surface area contributed by atoms with Gasteiger partial charge in [-0.3, -0.25) is 9.59 Å². The Morgan fingerprint density at radius 3 is 2.39 bits per heavy atom. The average molecular weight is 441 g/mol. The lowest BCUT2D eigenvalue weighted by Crippen LogP contribution is -2.26. The van der Waals surface area contributed by atoms with Crippen LogP contribution in [-0.4, -0.2) is 45.1 Å². The maximum absolute atomic E-state index is 13.0. The lowest BCUT2D eigenvalue weighted by Gasteiger charge is -2.21. The van der Waals surface area contributed by atoms with E-state index in [1.165, 1.54) is 18.4 Å². The molecule has 0 saturated carbocycles. The van der Waals surface area contributed by atoms with E-state index in [2.05, 4.69) is 5.32 Å². The molecule has 0 bridgehead atoms. The number of hydrogen-bond donors (Lipinski definition) is 1. The maximum Gasteiger partial charge on any atom is 0.265 e. The lowest BCUT2D eigenvalue weighted by molar-refractivity contribution is 0.0783. The van der Waals surface area contributed by atoms with Crippen molar-refractivity contribution >= 4 is 28.8 Å². The third-order valence-corrected chi connectivity index (χ3v) is 5.52. The minimum atomic E-state index is -0.206. The number of thiophene rings is 1. The number of nitrogens with zero attached hydrogens (tertiary/aromatic N) is 1. The molecule has 0 radical (unpaired) electrons. The molecule has 0 aliphatic heterocycles. The zero-order valence-corrected chi connectivity index (χ0v) is 18.6. The number of anilines is 1. The van der Waals surface area contributed by atoms with Gasteiger partial charge in [-0.15, -0.1) is 11.3 Å². The van der Waals surface area contributed by atoms with E-state index < -0.39 is 0 Å². The van der Waals surface area contributed by atoms with Gasteiger partial charge in [0.2, 0.25) is 5.75 Å². The van der Waals surface area contributed by atoms with Crippen molar-refractivity contribution in [3.8, 4) is 17.2 Å². The second-order valence-corrected chi connectivity index (χ2v) is 7.61. The number of carbonyl (C=O) groups is 2. The molecule has 162 valence electrons. The minimum Gasteiger partial charge on any atom is -0.493 e. The highest BCUT2D eigenvalue weighted by molar-refractivity contribution is 7.12. The zero-order valence-electron chi connectivity index (χ0n) is 17.8. The standard InChI is InChI=1S/C23H24N2O5S/c1-25(14-16-10-11-18(28-2)21(30-4)20(16)29-3)23(27)15-7-5-8-17(13-15)24-22(26)19-9-6-12-31-19/h5-13H,14H2,1-4H3,(H,24,26). The molecule has 2 amide bonds. The van der Waals surface area contributed by atoms with Gasteiger partial charge in [-0.05, 0) is 41.8 Å². The molecule has 0 spiro atoms. The van der Waals surface area contributed by atoms with Crippen molar-refractivity contribution in [1.29, 1.82) is 0 Å². The molecule has 2 aromatic carbocycles. The van der Waals surface area contributed by atoms with Crippen LogP contribution >= 0.6 is 11.3 Å². The largest absolute Gasteiger partial charge is 0.493 e. The van der Waals surface area contributed by atoms with E-state index in [0.29, 0.717) is 39.9 Å². The summed E-state index contributed by atoms with van der Waals surface area (Å²) in [7, 11) is 6.34. The molecule has 0 aliphatic carbocycles. The monoisotopic (exact) mass is 440 g/mol. The summed E-state index contributed by atoms with van der Waals surface area (Å²) in [5.41, 5.74) is 1.80. The highest BCUT2D eigenvalue weighted by Gasteiger charge is 2.20. The summed E-state index contributed by atoms with van der Waals surface area (Å²) < 4.78 is 16.2. The first-order chi connectivity index (χ1) is 15.0. The summed E-state index contributed by atoms with van der Waals surface area (Å²) in [5, 5.41) is 4.66. The Balaban J connectivity index is 1.77. The van der Waals surface area contributed by atoms with Crippen LogP contribution < -0.4 is 19.5 Å². The first-order valence-electron chi connectivity index (χ1n) is 9.46. The number of benzene rings is 2. The number of rotatable bonds is 8. The SMILES string of the molecule is COc1ccc(CN(C)C(=O)c2cccc(NC(=O)c3cccs3)c2)c(OC)c1OC. The Morgan fingerprint density at radius 1 is 0.968 bits per heavy atom. The summed E-state index contributed by atoms with van der Waals surface area (Å²) in [6.07, 6.45) is 0. The molecule has 1 heterocycles. The van der Waals surface area contributed by atoms with Crippen LogP contribution in [0.2, 0.25) is 0 Å². The molecule has 0 aliphatic rings. The predicted molar refractivity (Wildman–Crippen MR) is 121 cm³/mol. The van der Waals surface area contributed by atoms with Crippen LogP contribution in [-0.2, 0) is 6.54 Å². The Hall–Kier alpha value is -3.52. The average Bonchev–Trinajstić information content (AvgIpc) is 3.33. The summed E-state index contributed by atoms with van der Waals surface area (Å²) in [4.78, 5) is 27.5. The Labute approximate surface area is 185 Å². The van der Waals surface area contributed by atoms with Crippen molar-refractivity contribution in [2.24, 2.45) is 0 Å². The van der Waals surface area contributed by atoms with E-state index in [0.717, 1.165) is 5.56 Å². The van der Waals surface area contributed by atoms with Gasteiger partial charge >= 0.3 is 0 Å². The molecule has 0 unspecified atom stereocenters. The molecule has 8 heteroatoms. The second kappa shape index (κ2) is 9.99. The molecule has 3 aromatic rings. The Morgan fingerprint density at radius 2 is 1.74 bits per heavy atom. The van der Waals surface area contributed by atoms with Crippen molar-refractivity contribution in [2.75, 3.05) is 33.7 Å².